The van der Waals surface area contributed by atoms with E-state index in [1.807, 2.05) is 25.1 Å². The van der Waals surface area contributed by atoms with Crippen LogP contribution in [0.15, 0.2) is 30.6 Å². The van der Waals surface area contributed by atoms with E-state index in [0.29, 0.717) is 0 Å². The Morgan fingerprint density at radius 3 is 2.93 bits per heavy atom. The van der Waals surface area contributed by atoms with Gasteiger partial charge in [-0.2, -0.15) is 5.10 Å². The van der Waals surface area contributed by atoms with Gasteiger partial charge in [0.1, 0.15) is 0 Å². The lowest BCUT2D eigenvalue weighted by atomic mass is 10.4. The molecule has 0 unspecified atom stereocenters. The van der Waals surface area contributed by atoms with Gasteiger partial charge in [0.05, 0.1) is 12.8 Å². The van der Waals surface area contributed by atoms with Crippen LogP contribution in [0.25, 0.3) is 5.82 Å². The fraction of sp³-hybridized carbons (Fsp3) is 0.200. The van der Waals surface area contributed by atoms with Gasteiger partial charge in [-0.1, -0.05) is 6.07 Å². The molecule has 0 saturated carbocycles. The summed E-state index contributed by atoms with van der Waals surface area (Å²) < 4.78 is 1.65. The quantitative estimate of drug-likeness (QED) is 0.768. The van der Waals surface area contributed by atoms with E-state index in [0.717, 1.165) is 17.1 Å². The molecule has 72 valence electrons. The molecule has 0 bridgehead atoms. The molecule has 0 fully saturated rings. The van der Waals surface area contributed by atoms with Gasteiger partial charge in [0.15, 0.2) is 5.82 Å². The van der Waals surface area contributed by atoms with E-state index in [4.69, 9.17) is 5.11 Å². The minimum Gasteiger partial charge on any atom is -0.392 e. The molecule has 0 saturated heterocycles. The van der Waals surface area contributed by atoms with Gasteiger partial charge in [-0.3, -0.25) is 0 Å². The summed E-state index contributed by atoms with van der Waals surface area (Å²) in [6.07, 6.45) is 3.39. The number of hydrogen-bond donors (Lipinski definition) is 1. The molecule has 2 aromatic heterocycles. The smallest absolute Gasteiger partial charge is 0.153 e. The van der Waals surface area contributed by atoms with Crippen molar-refractivity contribution >= 4 is 0 Å². The third-order valence-electron chi connectivity index (χ3n) is 1.93. The number of pyridine rings is 1. The Labute approximate surface area is 81.8 Å². The fourth-order valence-corrected chi connectivity index (χ4v) is 1.22. The Kier molecular flexibility index (Phi) is 2.28. The van der Waals surface area contributed by atoms with Crippen LogP contribution in [-0.4, -0.2) is 19.9 Å². The van der Waals surface area contributed by atoms with Crippen molar-refractivity contribution in [2.75, 3.05) is 0 Å². The molecule has 14 heavy (non-hydrogen) atoms. The summed E-state index contributed by atoms with van der Waals surface area (Å²) in [5, 5.41) is 13.0. The number of aryl methyl sites for hydroxylation is 1. The molecule has 0 spiro atoms. The van der Waals surface area contributed by atoms with E-state index < -0.39 is 0 Å². The average Bonchev–Trinajstić information content (AvgIpc) is 2.66. The van der Waals surface area contributed by atoms with Crippen molar-refractivity contribution in [3.05, 3.63) is 41.9 Å². The Hall–Kier alpha value is -1.68. The van der Waals surface area contributed by atoms with Gasteiger partial charge in [-0.05, 0) is 19.1 Å². The lowest BCUT2D eigenvalue weighted by Crippen LogP contribution is -1.98. The minimum atomic E-state index is 0.00577. The highest BCUT2D eigenvalue weighted by atomic mass is 16.3. The van der Waals surface area contributed by atoms with Crippen LogP contribution in [-0.2, 0) is 6.61 Å². The second-order valence-corrected chi connectivity index (χ2v) is 3.09. The molecule has 0 atom stereocenters. The number of nitrogens with zero attached hydrogens (tertiary/aromatic N) is 3. The van der Waals surface area contributed by atoms with Crippen molar-refractivity contribution in [1.82, 2.24) is 14.8 Å². The second-order valence-electron chi connectivity index (χ2n) is 3.09. The highest BCUT2D eigenvalue weighted by Crippen LogP contribution is 2.06. The molecular weight excluding hydrogens is 178 g/mol. The SMILES string of the molecule is Cc1cccc(-n2cc(CO)cn2)n1. The first-order chi connectivity index (χ1) is 6.79. The third kappa shape index (κ3) is 1.65. The molecule has 1 N–H and O–H groups in total. The van der Waals surface area contributed by atoms with Gasteiger partial charge in [0.2, 0.25) is 0 Å². The molecule has 4 nitrogen and oxygen atoms in total. The topological polar surface area (TPSA) is 50.9 Å². The summed E-state index contributed by atoms with van der Waals surface area (Å²) in [5.74, 6) is 0.768. The van der Waals surface area contributed by atoms with Crippen molar-refractivity contribution in [3.63, 3.8) is 0 Å². The van der Waals surface area contributed by atoms with E-state index in [1.54, 1.807) is 17.1 Å². The van der Waals surface area contributed by atoms with E-state index >= 15 is 0 Å². The lowest BCUT2D eigenvalue weighted by Gasteiger charge is -2.00. The van der Waals surface area contributed by atoms with Crippen molar-refractivity contribution in [1.29, 1.82) is 0 Å². The predicted octanol–water partition coefficient (Wildman–Crippen LogP) is 1.07. The first-order valence-electron chi connectivity index (χ1n) is 4.38. The van der Waals surface area contributed by atoms with Crippen LogP contribution in [0.2, 0.25) is 0 Å². The number of aliphatic hydroxyl groups is 1. The van der Waals surface area contributed by atoms with Crippen LogP contribution in [0.4, 0.5) is 0 Å². The Balaban J connectivity index is 2.39. The molecule has 2 heterocycles. The minimum absolute atomic E-state index is 0.00577. The summed E-state index contributed by atoms with van der Waals surface area (Å²) in [4.78, 5) is 4.31. The zero-order valence-corrected chi connectivity index (χ0v) is 7.88. The van der Waals surface area contributed by atoms with E-state index in [1.165, 1.54) is 0 Å². The van der Waals surface area contributed by atoms with Gasteiger partial charge in [0, 0.05) is 17.5 Å². The highest BCUT2D eigenvalue weighted by Gasteiger charge is 2.00. The zero-order valence-electron chi connectivity index (χ0n) is 7.88. The molecule has 2 aromatic rings. The van der Waals surface area contributed by atoms with E-state index in [2.05, 4.69) is 10.1 Å². The molecular formula is C10H11N3O. The molecule has 0 aliphatic carbocycles. The summed E-state index contributed by atoms with van der Waals surface area (Å²) >= 11 is 0. The standard InChI is InChI=1S/C10H11N3O/c1-8-3-2-4-10(12-8)13-6-9(7-14)5-11-13/h2-6,14H,7H2,1H3. The van der Waals surface area contributed by atoms with Gasteiger partial charge in [-0.25, -0.2) is 9.67 Å². The molecule has 0 amide bonds. The maximum atomic E-state index is 8.88. The first-order valence-corrected chi connectivity index (χ1v) is 4.38. The Morgan fingerprint density at radius 1 is 1.43 bits per heavy atom. The molecule has 0 radical (unpaired) electrons. The van der Waals surface area contributed by atoms with Crippen molar-refractivity contribution < 1.29 is 5.11 Å². The highest BCUT2D eigenvalue weighted by molar-refractivity contribution is 5.24. The first kappa shape index (κ1) is 8.90. The molecule has 0 aliphatic rings. The molecule has 4 heteroatoms. The Morgan fingerprint density at radius 2 is 2.29 bits per heavy atom. The van der Waals surface area contributed by atoms with Crippen molar-refractivity contribution in [2.45, 2.75) is 13.5 Å². The van der Waals surface area contributed by atoms with E-state index in [-0.39, 0.29) is 6.61 Å². The van der Waals surface area contributed by atoms with Crippen LogP contribution in [0.1, 0.15) is 11.3 Å². The van der Waals surface area contributed by atoms with Gasteiger partial charge in [-0.15, -0.1) is 0 Å². The maximum absolute atomic E-state index is 8.88. The monoisotopic (exact) mass is 189 g/mol. The van der Waals surface area contributed by atoms with Crippen LogP contribution < -0.4 is 0 Å². The Bertz CT molecular complexity index is 436. The number of aliphatic hydroxyl groups excluding tert-OH is 1. The predicted molar refractivity (Wildman–Crippen MR) is 52.0 cm³/mol. The summed E-state index contributed by atoms with van der Waals surface area (Å²) in [6, 6.07) is 5.74. The summed E-state index contributed by atoms with van der Waals surface area (Å²) in [7, 11) is 0. The molecule has 2 rings (SSSR count). The average molecular weight is 189 g/mol. The van der Waals surface area contributed by atoms with Gasteiger partial charge < -0.3 is 5.11 Å². The molecule has 0 aromatic carbocycles. The van der Waals surface area contributed by atoms with Crippen molar-refractivity contribution in [2.24, 2.45) is 0 Å². The van der Waals surface area contributed by atoms with Gasteiger partial charge in [0.25, 0.3) is 0 Å². The van der Waals surface area contributed by atoms with Crippen LogP contribution in [0.3, 0.4) is 0 Å². The normalized spacial score (nSPS) is 10.4. The fourth-order valence-electron chi connectivity index (χ4n) is 1.22. The van der Waals surface area contributed by atoms with Gasteiger partial charge >= 0.3 is 0 Å². The zero-order chi connectivity index (χ0) is 9.97. The van der Waals surface area contributed by atoms with Crippen molar-refractivity contribution in [3.8, 4) is 5.82 Å². The second kappa shape index (κ2) is 3.59. The van der Waals surface area contributed by atoms with Crippen LogP contribution >= 0.6 is 0 Å². The van der Waals surface area contributed by atoms with Crippen LogP contribution in [0, 0.1) is 6.92 Å². The number of aromatic nitrogens is 3. The molecule has 0 aliphatic heterocycles. The van der Waals surface area contributed by atoms with E-state index in [9.17, 15) is 0 Å². The third-order valence-corrected chi connectivity index (χ3v) is 1.93. The summed E-state index contributed by atoms with van der Waals surface area (Å²) in [5.41, 5.74) is 1.73. The number of rotatable bonds is 2. The van der Waals surface area contributed by atoms with Crippen LogP contribution in [0.5, 0.6) is 0 Å². The summed E-state index contributed by atoms with van der Waals surface area (Å²) in [6.45, 7) is 1.94. The maximum Gasteiger partial charge on any atom is 0.153 e. The number of hydrogen-bond acceptors (Lipinski definition) is 3. The largest absolute Gasteiger partial charge is 0.392 e. The lowest BCUT2D eigenvalue weighted by molar-refractivity contribution is 0.282.